The number of H-pyrrole nitrogens is 1. The van der Waals surface area contributed by atoms with Crippen LogP contribution in [0.15, 0.2) is 18.3 Å². The summed E-state index contributed by atoms with van der Waals surface area (Å²) in [5, 5.41) is 0. The fourth-order valence-electron chi connectivity index (χ4n) is 0.420. The summed E-state index contributed by atoms with van der Waals surface area (Å²) in [6.45, 7) is 2.03. The molecule has 1 aromatic heterocycles. The summed E-state index contributed by atoms with van der Waals surface area (Å²) in [4.78, 5) is 3.00. The highest BCUT2D eigenvalue weighted by molar-refractivity contribution is 4.99. The lowest BCUT2D eigenvalue weighted by molar-refractivity contribution is 1.27. The van der Waals surface area contributed by atoms with E-state index in [1.807, 2.05) is 25.3 Å². The van der Waals surface area contributed by atoms with Gasteiger partial charge in [0, 0.05) is 13.3 Å². The minimum absolute atomic E-state index is 0. The molecule has 6 heavy (non-hydrogen) atoms. The van der Waals surface area contributed by atoms with E-state index in [9.17, 15) is 0 Å². The van der Waals surface area contributed by atoms with Crippen LogP contribution in [0.3, 0.4) is 0 Å². The van der Waals surface area contributed by atoms with Crippen molar-refractivity contribution in [3.05, 3.63) is 24.0 Å². The number of aromatic nitrogens is 1. The van der Waals surface area contributed by atoms with Crippen LogP contribution in [0.25, 0.3) is 0 Å². The molecule has 0 aliphatic carbocycles. The Bertz CT molecular complexity index is 112. The number of rotatable bonds is 0. The summed E-state index contributed by atoms with van der Waals surface area (Å²) in [6.07, 6.45) is 1.91. The molecule has 1 aromatic rings. The van der Waals surface area contributed by atoms with Gasteiger partial charge >= 0.3 is 0 Å². The molecule has 0 aromatic carbocycles. The van der Waals surface area contributed by atoms with Gasteiger partial charge in [0.2, 0.25) is 0 Å². The van der Waals surface area contributed by atoms with Crippen LogP contribution in [0.4, 0.5) is 0 Å². The number of hydrogen-bond acceptors (Lipinski definition) is 0. The summed E-state index contributed by atoms with van der Waals surface area (Å²) in [5.74, 6) is 0. The Morgan fingerprint density at radius 2 is 2.67 bits per heavy atom. The van der Waals surface area contributed by atoms with Crippen LogP contribution in [-0.4, -0.2) is 4.98 Å². The molecular formula is C5H9N. The molecule has 0 unspecified atom stereocenters. The molecule has 1 nitrogen and oxygen atoms in total. The lowest BCUT2D eigenvalue weighted by atomic mass is 10.5. The van der Waals surface area contributed by atoms with Crippen molar-refractivity contribution < 1.29 is 1.43 Å². The van der Waals surface area contributed by atoms with Crippen LogP contribution in [0, 0.1) is 6.92 Å². The van der Waals surface area contributed by atoms with Crippen molar-refractivity contribution in [2.45, 2.75) is 6.92 Å². The van der Waals surface area contributed by atoms with Crippen molar-refractivity contribution in [3.8, 4) is 0 Å². The van der Waals surface area contributed by atoms with E-state index in [-0.39, 0.29) is 1.43 Å². The van der Waals surface area contributed by atoms with E-state index in [0.717, 1.165) is 0 Å². The summed E-state index contributed by atoms with van der Waals surface area (Å²) in [6, 6.07) is 4.01. The van der Waals surface area contributed by atoms with Gasteiger partial charge in [-0.1, -0.05) is 0 Å². The Labute approximate surface area is 38.5 Å². The van der Waals surface area contributed by atoms with Crippen LogP contribution in [-0.2, 0) is 0 Å². The predicted molar refractivity (Wildman–Crippen MR) is 27.6 cm³/mol. The molecular weight excluding hydrogens is 74.1 g/mol. The molecule has 0 radical (unpaired) electrons. The van der Waals surface area contributed by atoms with E-state index in [2.05, 4.69) is 4.98 Å². The zero-order valence-electron chi connectivity index (χ0n) is 3.73. The number of aromatic amines is 1. The maximum Gasteiger partial charge on any atom is 0.0115 e. The smallest absolute Gasteiger partial charge is 0.0115 e. The van der Waals surface area contributed by atoms with E-state index >= 15 is 0 Å². The molecule has 0 spiro atoms. The minimum atomic E-state index is 0. The first kappa shape index (κ1) is 3.47. The van der Waals surface area contributed by atoms with Gasteiger partial charge in [-0.3, -0.25) is 0 Å². The summed E-state index contributed by atoms with van der Waals surface area (Å²) < 4.78 is 0. The second-order valence-corrected chi connectivity index (χ2v) is 1.35. The molecule has 0 bridgehead atoms. The van der Waals surface area contributed by atoms with Gasteiger partial charge in [-0.2, -0.15) is 0 Å². The Balaban J connectivity index is 0.000000360. The Hall–Kier alpha value is -0.720. The van der Waals surface area contributed by atoms with E-state index < -0.39 is 0 Å². The van der Waals surface area contributed by atoms with Gasteiger partial charge in [0.05, 0.1) is 0 Å². The molecule has 1 heteroatoms. The van der Waals surface area contributed by atoms with Crippen molar-refractivity contribution in [1.29, 1.82) is 0 Å². The first-order valence-corrected chi connectivity index (χ1v) is 1.99. The summed E-state index contributed by atoms with van der Waals surface area (Å²) in [5.41, 5.74) is 1.22. The number of nitrogens with one attached hydrogen (secondary N) is 1. The fourth-order valence-corrected chi connectivity index (χ4v) is 0.420. The third-order valence-corrected chi connectivity index (χ3v) is 0.753. The molecule has 0 aliphatic rings. The van der Waals surface area contributed by atoms with Crippen molar-refractivity contribution in [2.75, 3.05) is 0 Å². The average molecular weight is 83.1 g/mol. The van der Waals surface area contributed by atoms with E-state index in [4.69, 9.17) is 0 Å². The zero-order valence-corrected chi connectivity index (χ0v) is 3.73. The Morgan fingerprint density at radius 1 is 1.83 bits per heavy atom. The van der Waals surface area contributed by atoms with Crippen LogP contribution in [0.2, 0.25) is 0 Å². The lowest BCUT2D eigenvalue weighted by Gasteiger charge is -1.70. The maximum atomic E-state index is 3.00. The van der Waals surface area contributed by atoms with Crippen molar-refractivity contribution in [3.63, 3.8) is 0 Å². The van der Waals surface area contributed by atoms with Crippen LogP contribution < -0.4 is 0 Å². The monoisotopic (exact) mass is 83.1 g/mol. The fraction of sp³-hybridized carbons (Fsp3) is 0.200. The van der Waals surface area contributed by atoms with E-state index in [1.54, 1.807) is 0 Å². The number of aryl methyl sites for hydroxylation is 1. The Kier molecular flexibility index (Phi) is 0.675. The number of hydrogen-bond donors (Lipinski definition) is 1. The molecule has 0 fully saturated rings. The van der Waals surface area contributed by atoms with Gasteiger partial charge < -0.3 is 4.98 Å². The average Bonchev–Trinajstić information content (AvgIpc) is 1.86. The van der Waals surface area contributed by atoms with E-state index in [1.165, 1.54) is 5.69 Å². The highest BCUT2D eigenvalue weighted by Crippen LogP contribution is 1.86. The van der Waals surface area contributed by atoms with Gasteiger partial charge in [-0.05, 0) is 19.1 Å². The quantitative estimate of drug-likeness (QED) is 0.490. The van der Waals surface area contributed by atoms with Gasteiger partial charge in [0.25, 0.3) is 0 Å². The highest BCUT2D eigenvalue weighted by atomic mass is 14.7. The van der Waals surface area contributed by atoms with Gasteiger partial charge in [-0.15, -0.1) is 0 Å². The molecule has 0 aliphatic heterocycles. The molecule has 1 rings (SSSR count). The highest BCUT2D eigenvalue weighted by Gasteiger charge is 1.72. The minimum Gasteiger partial charge on any atom is -0.365 e. The van der Waals surface area contributed by atoms with Gasteiger partial charge in [0.15, 0.2) is 0 Å². The lowest BCUT2D eigenvalue weighted by Crippen LogP contribution is -1.59. The summed E-state index contributed by atoms with van der Waals surface area (Å²) >= 11 is 0. The molecule has 1 N–H and O–H groups in total. The van der Waals surface area contributed by atoms with Crippen LogP contribution in [0.5, 0.6) is 0 Å². The van der Waals surface area contributed by atoms with Crippen molar-refractivity contribution >= 4 is 0 Å². The van der Waals surface area contributed by atoms with Gasteiger partial charge in [-0.25, -0.2) is 0 Å². The largest absolute Gasteiger partial charge is 0.365 e. The second kappa shape index (κ2) is 1.17. The third-order valence-electron chi connectivity index (χ3n) is 0.753. The topological polar surface area (TPSA) is 15.8 Å². The van der Waals surface area contributed by atoms with E-state index in [0.29, 0.717) is 0 Å². The predicted octanol–water partition coefficient (Wildman–Crippen LogP) is 1.57. The summed E-state index contributed by atoms with van der Waals surface area (Å²) in [7, 11) is 0. The third kappa shape index (κ3) is 0.432. The van der Waals surface area contributed by atoms with Crippen molar-refractivity contribution in [1.82, 2.24) is 4.98 Å². The molecule has 1 heterocycles. The standard InChI is InChI=1S/C5H7N.H2/c1-5-3-2-4-6-5;/h2-4,6H,1H3;1H. The first-order chi connectivity index (χ1) is 2.89. The normalized spacial score (nSPS) is 8.83. The van der Waals surface area contributed by atoms with Crippen molar-refractivity contribution in [2.24, 2.45) is 0 Å². The second-order valence-electron chi connectivity index (χ2n) is 1.35. The molecule has 0 atom stereocenters. The molecule has 0 amide bonds. The molecule has 34 valence electrons. The van der Waals surface area contributed by atoms with Gasteiger partial charge in [0.1, 0.15) is 0 Å². The van der Waals surface area contributed by atoms with Crippen LogP contribution in [0.1, 0.15) is 7.12 Å². The zero-order chi connectivity index (χ0) is 4.41. The van der Waals surface area contributed by atoms with Crippen LogP contribution >= 0.6 is 0 Å². The SMILES string of the molecule is Cc1ccc[nH]1.[HH]. The molecule has 0 saturated heterocycles. The first-order valence-electron chi connectivity index (χ1n) is 1.99. The molecule has 0 saturated carbocycles. The Morgan fingerprint density at radius 3 is 2.83 bits per heavy atom. The maximum absolute atomic E-state index is 3.00.